The quantitative estimate of drug-likeness (QED) is 0.353. The Kier molecular flexibility index (Phi) is 7.36. The number of rotatable bonds is 8. The predicted molar refractivity (Wildman–Crippen MR) is 116 cm³/mol. The fourth-order valence-electron chi connectivity index (χ4n) is 3.14. The van der Waals surface area contributed by atoms with E-state index in [1.165, 1.54) is 5.56 Å². The summed E-state index contributed by atoms with van der Waals surface area (Å²) in [4.78, 5) is 18.4. The molecule has 0 bridgehead atoms. The van der Waals surface area contributed by atoms with Crippen LogP contribution in [0.25, 0.3) is 11.3 Å². The lowest BCUT2D eigenvalue weighted by molar-refractivity contribution is -0.383. The Morgan fingerprint density at radius 2 is 1.96 bits per heavy atom. The Morgan fingerprint density at radius 1 is 1.26 bits per heavy atom. The molecule has 1 aromatic heterocycles. The summed E-state index contributed by atoms with van der Waals surface area (Å²) in [5.41, 5.74) is 3.87. The van der Waals surface area contributed by atoms with Crippen molar-refractivity contribution in [2.75, 3.05) is 18.0 Å². The van der Waals surface area contributed by atoms with Crippen molar-refractivity contribution in [3.05, 3.63) is 50.1 Å². The van der Waals surface area contributed by atoms with Gasteiger partial charge in [-0.15, -0.1) is 0 Å². The van der Waals surface area contributed by atoms with Crippen LogP contribution in [0.2, 0.25) is 0 Å². The average molecular weight is 434 g/mol. The second-order valence-corrected chi connectivity index (χ2v) is 7.92. The number of unbranched alkanes of at least 4 members (excludes halogenated alkanes) is 1. The van der Waals surface area contributed by atoms with E-state index in [1.807, 2.05) is 38.1 Å². The van der Waals surface area contributed by atoms with Crippen LogP contribution >= 0.6 is 15.9 Å². The van der Waals surface area contributed by atoms with E-state index in [0.717, 1.165) is 41.7 Å². The molecule has 2 rings (SSSR count). The van der Waals surface area contributed by atoms with Gasteiger partial charge in [0.2, 0.25) is 0 Å². The highest BCUT2D eigenvalue weighted by Gasteiger charge is 2.27. The third kappa shape index (κ3) is 4.86. The molecule has 0 N–H and O–H groups in total. The Balaban J connectivity index is 2.68. The standard InChI is InChI=1S/C21H28BrN3O2/c1-6-8-11-24(7-2)19-12-15(5)23-20(21(19)25(26)27)17-10-9-16(14(3)4)13-18(17)22/h9-10,12-14H,6-8,11H2,1-5H3. The van der Waals surface area contributed by atoms with Crippen molar-refractivity contribution in [3.63, 3.8) is 0 Å². The average Bonchev–Trinajstić information content (AvgIpc) is 2.61. The molecule has 146 valence electrons. The summed E-state index contributed by atoms with van der Waals surface area (Å²) < 4.78 is 0.831. The van der Waals surface area contributed by atoms with Crippen LogP contribution in [0.15, 0.2) is 28.7 Å². The van der Waals surface area contributed by atoms with E-state index >= 15 is 0 Å². The molecule has 0 aliphatic heterocycles. The fourth-order valence-corrected chi connectivity index (χ4v) is 3.72. The predicted octanol–water partition coefficient (Wildman–Crippen LogP) is 6.48. The molecule has 0 amide bonds. The second kappa shape index (κ2) is 9.31. The minimum absolute atomic E-state index is 0.0801. The van der Waals surface area contributed by atoms with Gasteiger partial charge in [0.15, 0.2) is 5.69 Å². The highest BCUT2D eigenvalue weighted by Crippen LogP contribution is 2.41. The van der Waals surface area contributed by atoms with Crippen molar-refractivity contribution in [3.8, 4) is 11.3 Å². The number of pyridine rings is 1. The topological polar surface area (TPSA) is 59.3 Å². The Hall–Kier alpha value is -1.95. The van der Waals surface area contributed by atoms with E-state index in [9.17, 15) is 10.1 Å². The molecule has 6 heteroatoms. The summed E-state index contributed by atoms with van der Waals surface area (Å²) in [7, 11) is 0. The van der Waals surface area contributed by atoms with Crippen LogP contribution < -0.4 is 4.90 Å². The first-order chi connectivity index (χ1) is 12.8. The van der Waals surface area contributed by atoms with Crippen molar-refractivity contribution in [2.45, 2.75) is 53.4 Å². The molecule has 27 heavy (non-hydrogen) atoms. The van der Waals surface area contributed by atoms with Crippen LogP contribution in [0.1, 0.15) is 57.7 Å². The molecule has 0 atom stereocenters. The van der Waals surface area contributed by atoms with E-state index in [-0.39, 0.29) is 10.6 Å². The Morgan fingerprint density at radius 3 is 2.48 bits per heavy atom. The molecule has 2 aromatic rings. The Labute approximate surface area is 170 Å². The van der Waals surface area contributed by atoms with E-state index in [2.05, 4.69) is 46.6 Å². The van der Waals surface area contributed by atoms with Gasteiger partial charge in [-0.1, -0.05) is 55.3 Å². The minimum Gasteiger partial charge on any atom is -0.366 e. The van der Waals surface area contributed by atoms with Crippen LogP contribution in [0.3, 0.4) is 0 Å². The summed E-state index contributed by atoms with van der Waals surface area (Å²) >= 11 is 3.60. The number of aryl methyl sites for hydroxylation is 1. The van der Waals surface area contributed by atoms with E-state index in [4.69, 9.17) is 0 Å². The lowest BCUT2D eigenvalue weighted by Crippen LogP contribution is -2.25. The third-order valence-corrected chi connectivity index (χ3v) is 5.36. The number of hydrogen-bond donors (Lipinski definition) is 0. The van der Waals surface area contributed by atoms with Crippen LogP contribution in [-0.2, 0) is 0 Å². The van der Waals surface area contributed by atoms with Crippen LogP contribution in [-0.4, -0.2) is 23.0 Å². The van der Waals surface area contributed by atoms with Crippen molar-refractivity contribution >= 4 is 27.3 Å². The fraction of sp³-hybridized carbons (Fsp3) is 0.476. The summed E-state index contributed by atoms with van der Waals surface area (Å²) in [6.07, 6.45) is 2.04. The first kappa shape index (κ1) is 21.4. The van der Waals surface area contributed by atoms with Gasteiger partial charge in [-0.3, -0.25) is 10.1 Å². The van der Waals surface area contributed by atoms with Gasteiger partial charge in [-0.05, 0) is 43.9 Å². The molecule has 0 saturated heterocycles. The SMILES string of the molecule is CCCCN(CC)c1cc(C)nc(-c2ccc(C(C)C)cc2Br)c1[N+](=O)[O-]. The minimum atomic E-state index is -0.297. The van der Waals surface area contributed by atoms with E-state index < -0.39 is 0 Å². The first-order valence-corrected chi connectivity index (χ1v) is 10.3. The van der Waals surface area contributed by atoms with E-state index in [0.29, 0.717) is 17.3 Å². The highest BCUT2D eigenvalue weighted by atomic mass is 79.9. The molecular weight excluding hydrogens is 406 g/mol. The number of hydrogen-bond acceptors (Lipinski definition) is 4. The maximum atomic E-state index is 12.0. The molecular formula is C21H28BrN3O2. The van der Waals surface area contributed by atoms with Gasteiger partial charge in [0.05, 0.1) is 4.92 Å². The summed E-state index contributed by atoms with van der Waals surface area (Å²) in [5, 5.41) is 12.0. The van der Waals surface area contributed by atoms with Gasteiger partial charge >= 0.3 is 5.69 Å². The number of nitro groups is 1. The van der Waals surface area contributed by atoms with Gasteiger partial charge in [0.25, 0.3) is 0 Å². The normalized spacial score (nSPS) is 11.1. The highest BCUT2D eigenvalue weighted by molar-refractivity contribution is 9.10. The van der Waals surface area contributed by atoms with E-state index in [1.54, 1.807) is 0 Å². The first-order valence-electron chi connectivity index (χ1n) is 9.50. The van der Waals surface area contributed by atoms with Crippen molar-refractivity contribution in [1.29, 1.82) is 0 Å². The molecule has 1 heterocycles. The molecule has 5 nitrogen and oxygen atoms in total. The van der Waals surface area contributed by atoms with Gasteiger partial charge < -0.3 is 4.90 Å². The van der Waals surface area contributed by atoms with Crippen molar-refractivity contribution in [2.24, 2.45) is 0 Å². The van der Waals surface area contributed by atoms with Gasteiger partial charge in [-0.25, -0.2) is 4.98 Å². The summed E-state index contributed by atoms with van der Waals surface area (Å²) in [6.45, 7) is 11.8. The molecule has 0 aliphatic carbocycles. The monoisotopic (exact) mass is 433 g/mol. The number of anilines is 1. The number of benzene rings is 1. The lowest BCUT2D eigenvalue weighted by atomic mass is 9.99. The molecule has 0 radical (unpaired) electrons. The Bertz CT molecular complexity index is 821. The molecule has 0 spiro atoms. The van der Waals surface area contributed by atoms with Gasteiger partial charge in [-0.2, -0.15) is 0 Å². The molecule has 0 saturated carbocycles. The van der Waals surface area contributed by atoms with Crippen LogP contribution in [0, 0.1) is 17.0 Å². The number of halogens is 1. The molecule has 1 aromatic carbocycles. The molecule has 0 aliphatic rings. The zero-order valence-corrected chi connectivity index (χ0v) is 18.3. The zero-order chi connectivity index (χ0) is 20.1. The molecule has 0 unspecified atom stereocenters. The van der Waals surface area contributed by atoms with Crippen LogP contribution in [0.4, 0.5) is 11.4 Å². The maximum Gasteiger partial charge on any atom is 0.318 e. The summed E-state index contributed by atoms with van der Waals surface area (Å²) in [6, 6.07) is 7.81. The zero-order valence-electron chi connectivity index (χ0n) is 16.8. The largest absolute Gasteiger partial charge is 0.366 e. The third-order valence-electron chi connectivity index (χ3n) is 4.70. The van der Waals surface area contributed by atoms with Crippen molar-refractivity contribution < 1.29 is 4.92 Å². The number of nitrogens with zero attached hydrogens (tertiary/aromatic N) is 3. The van der Waals surface area contributed by atoms with Gasteiger partial charge in [0.1, 0.15) is 5.69 Å². The lowest BCUT2D eigenvalue weighted by Gasteiger charge is -2.24. The number of aromatic nitrogens is 1. The van der Waals surface area contributed by atoms with Crippen molar-refractivity contribution in [1.82, 2.24) is 4.98 Å². The maximum absolute atomic E-state index is 12.0. The van der Waals surface area contributed by atoms with Crippen LogP contribution in [0.5, 0.6) is 0 Å². The molecule has 0 fully saturated rings. The second-order valence-electron chi connectivity index (χ2n) is 7.06. The smallest absolute Gasteiger partial charge is 0.318 e. The van der Waals surface area contributed by atoms with Gasteiger partial charge in [0, 0.05) is 28.8 Å². The summed E-state index contributed by atoms with van der Waals surface area (Å²) in [5.74, 6) is 0.385.